The van der Waals surface area contributed by atoms with Gasteiger partial charge in [0.25, 0.3) is 0 Å². The third kappa shape index (κ3) is 2.14. The van der Waals surface area contributed by atoms with E-state index in [1.54, 1.807) is 36.4 Å². The summed E-state index contributed by atoms with van der Waals surface area (Å²) in [5, 5.41) is 34.5. The summed E-state index contributed by atoms with van der Waals surface area (Å²) >= 11 is -0.290. The normalized spacial score (nSPS) is 7.73. The summed E-state index contributed by atoms with van der Waals surface area (Å²) in [7, 11) is 0. The molecule has 0 saturated heterocycles. The number of hydrogen-bond donors (Lipinski definition) is 0. The van der Waals surface area contributed by atoms with Crippen LogP contribution in [0.1, 0.15) is 0 Å². The molecule has 0 bridgehead atoms. The zero-order chi connectivity index (χ0) is 11.3. The van der Waals surface area contributed by atoms with E-state index in [0.29, 0.717) is 8.19 Å². The van der Waals surface area contributed by atoms with Gasteiger partial charge in [-0.15, -0.1) is 0 Å². The summed E-state index contributed by atoms with van der Waals surface area (Å²) in [6.45, 7) is 0. The van der Waals surface area contributed by atoms with Crippen LogP contribution in [-0.4, -0.2) is 14.5 Å². The van der Waals surface area contributed by atoms with Crippen molar-refractivity contribution in [1.29, 1.82) is 21.0 Å². The molecule has 0 atom stereocenters. The molecular weight excluding hydrogens is 255 g/mol. The number of nitriles is 4. The Bertz CT molecular complexity index is 577. The van der Waals surface area contributed by atoms with Crippen LogP contribution in [0.3, 0.4) is 0 Å². The van der Waals surface area contributed by atoms with Crippen LogP contribution in [0.5, 0.6) is 0 Å². The van der Waals surface area contributed by atoms with E-state index in [4.69, 9.17) is 21.0 Å². The predicted octanol–water partition coefficient (Wildman–Crippen LogP) is -0.861. The SMILES string of the molecule is N#CC(C#N)=c1ccc(=C(C#N)C#N)[se]1. The van der Waals surface area contributed by atoms with Gasteiger partial charge in [-0.25, -0.2) is 0 Å². The molecule has 15 heavy (non-hydrogen) atoms. The fourth-order valence-electron chi connectivity index (χ4n) is 0.877. The van der Waals surface area contributed by atoms with Gasteiger partial charge in [0.05, 0.1) is 0 Å². The van der Waals surface area contributed by atoms with Gasteiger partial charge >= 0.3 is 91.3 Å². The molecule has 4 nitrogen and oxygen atoms in total. The molecule has 0 amide bonds. The van der Waals surface area contributed by atoms with Crippen LogP contribution in [0.4, 0.5) is 0 Å². The average Bonchev–Trinajstić information content (AvgIpc) is 2.71. The molecule has 0 radical (unpaired) electrons. The van der Waals surface area contributed by atoms with Crippen molar-refractivity contribution in [3.63, 3.8) is 0 Å². The van der Waals surface area contributed by atoms with Gasteiger partial charge in [-0.1, -0.05) is 0 Å². The van der Waals surface area contributed by atoms with Crippen LogP contribution in [0, 0.1) is 45.3 Å². The van der Waals surface area contributed by atoms with E-state index in [1.807, 2.05) is 0 Å². The third-order valence-electron chi connectivity index (χ3n) is 1.55. The van der Waals surface area contributed by atoms with Crippen molar-refractivity contribution < 1.29 is 0 Å². The van der Waals surface area contributed by atoms with Crippen molar-refractivity contribution in [3.8, 4) is 24.3 Å². The van der Waals surface area contributed by atoms with Gasteiger partial charge in [-0.05, 0) is 0 Å². The second-order valence-electron chi connectivity index (χ2n) is 2.36. The molecule has 0 saturated carbocycles. The van der Waals surface area contributed by atoms with Crippen LogP contribution in [0.25, 0.3) is 11.1 Å². The van der Waals surface area contributed by atoms with Gasteiger partial charge in [-0.2, -0.15) is 0 Å². The molecule has 1 aromatic heterocycles. The average molecular weight is 257 g/mol. The fourth-order valence-corrected chi connectivity index (χ4v) is 2.76. The van der Waals surface area contributed by atoms with Gasteiger partial charge < -0.3 is 0 Å². The molecule has 1 heterocycles. The molecule has 0 unspecified atom stereocenters. The molecule has 0 spiro atoms. The maximum atomic E-state index is 8.63. The Kier molecular flexibility index (Phi) is 3.45. The molecule has 0 aliphatic carbocycles. The van der Waals surface area contributed by atoms with Crippen LogP contribution in [0.15, 0.2) is 12.1 Å². The summed E-state index contributed by atoms with van der Waals surface area (Å²) in [5.41, 5.74) is 0.105. The fraction of sp³-hybridized carbons (Fsp3) is 0. The Morgan fingerprint density at radius 2 is 1.13 bits per heavy atom. The first-order valence-corrected chi connectivity index (χ1v) is 5.43. The second kappa shape index (κ2) is 4.80. The first-order chi connectivity index (χ1) is 7.26. The van der Waals surface area contributed by atoms with Gasteiger partial charge in [0.2, 0.25) is 0 Å². The van der Waals surface area contributed by atoms with Crippen molar-refractivity contribution >= 4 is 25.6 Å². The van der Waals surface area contributed by atoms with Crippen molar-refractivity contribution in [1.82, 2.24) is 0 Å². The molecule has 5 heteroatoms. The second-order valence-corrected chi connectivity index (χ2v) is 4.63. The summed E-state index contributed by atoms with van der Waals surface area (Å²) < 4.78 is 1.23. The summed E-state index contributed by atoms with van der Waals surface area (Å²) in [5.74, 6) is 0. The number of nitrogens with zero attached hydrogens (tertiary/aromatic N) is 4. The standard InChI is InChI=1S/C10H2N4Se/c11-3-7(4-12)9-1-2-10(15-9)8(5-13)6-14/h1-2H. The third-order valence-corrected chi connectivity index (χ3v) is 3.90. The van der Waals surface area contributed by atoms with Gasteiger partial charge in [0, 0.05) is 0 Å². The van der Waals surface area contributed by atoms with Crippen LogP contribution in [0.2, 0.25) is 0 Å². The monoisotopic (exact) mass is 258 g/mol. The van der Waals surface area contributed by atoms with E-state index in [2.05, 4.69) is 0 Å². The Labute approximate surface area is 91.6 Å². The minimum atomic E-state index is -0.290. The zero-order valence-electron chi connectivity index (χ0n) is 7.35. The first kappa shape index (κ1) is 10.8. The van der Waals surface area contributed by atoms with Crippen molar-refractivity contribution in [2.45, 2.75) is 0 Å². The van der Waals surface area contributed by atoms with E-state index >= 15 is 0 Å². The maximum absolute atomic E-state index is 8.63. The Hall–Kier alpha value is -2.30. The Balaban J connectivity index is 3.66. The number of rotatable bonds is 0. The topological polar surface area (TPSA) is 95.2 Å². The van der Waals surface area contributed by atoms with Crippen molar-refractivity contribution in [2.75, 3.05) is 0 Å². The van der Waals surface area contributed by atoms with Crippen LogP contribution >= 0.6 is 0 Å². The number of hydrogen-bond acceptors (Lipinski definition) is 4. The molecule has 0 N–H and O–H groups in total. The quantitative estimate of drug-likeness (QED) is 0.565. The summed E-state index contributed by atoms with van der Waals surface area (Å²) in [6, 6.07) is 10.4. The van der Waals surface area contributed by atoms with Crippen molar-refractivity contribution in [2.24, 2.45) is 0 Å². The predicted molar refractivity (Wildman–Crippen MR) is 51.9 cm³/mol. The van der Waals surface area contributed by atoms with Gasteiger partial charge in [-0.3, -0.25) is 0 Å². The molecule has 68 valence electrons. The van der Waals surface area contributed by atoms with Crippen molar-refractivity contribution in [3.05, 3.63) is 20.3 Å². The Morgan fingerprint density at radius 3 is 1.40 bits per heavy atom. The van der Waals surface area contributed by atoms with Crippen LogP contribution in [-0.2, 0) is 0 Å². The van der Waals surface area contributed by atoms with E-state index in [-0.39, 0.29) is 25.6 Å². The Morgan fingerprint density at radius 1 is 0.800 bits per heavy atom. The minimum absolute atomic E-state index is 0.0523. The molecule has 1 aromatic rings. The molecule has 0 fully saturated rings. The van der Waals surface area contributed by atoms with Gasteiger partial charge in [0.1, 0.15) is 0 Å². The van der Waals surface area contributed by atoms with E-state index in [9.17, 15) is 0 Å². The molecule has 0 aromatic carbocycles. The van der Waals surface area contributed by atoms with E-state index < -0.39 is 0 Å². The zero-order valence-corrected chi connectivity index (χ0v) is 9.06. The van der Waals surface area contributed by atoms with Gasteiger partial charge in [0.15, 0.2) is 0 Å². The van der Waals surface area contributed by atoms with E-state index in [1.165, 1.54) is 0 Å². The molecular formula is C10H2N4Se. The molecule has 0 aliphatic heterocycles. The van der Waals surface area contributed by atoms with E-state index in [0.717, 1.165) is 0 Å². The first-order valence-electron chi connectivity index (χ1n) is 3.71. The summed E-state index contributed by atoms with van der Waals surface area (Å²) in [4.78, 5) is 0. The van der Waals surface area contributed by atoms with Crippen LogP contribution < -0.4 is 8.19 Å². The molecule has 0 aliphatic rings. The molecule has 1 rings (SSSR count). The summed E-state index contributed by atoms with van der Waals surface area (Å²) in [6.07, 6.45) is 0.